The van der Waals surface area contributed by atoms with Crippen molar-refractivity contribution < 1.29 is 4.65 Å². The predicted molar refractivity (Wildman–Crippen MR) is 55.5 cm³/mol. The van der Waals surface area contributed by atoms with Gasteiger partial charge in [0.25, 0.3) is 7.48 Å². The number of hydrogen-bond donors (Lipinski definition) is 0. The van der Waals surface area contributed by atoms with Gasteiger partial charge in [0.2, 0.25) is 0 Å². The van der Waals surface area contributed by atoms with E-state index in [-0.39, 0.29) is 10.9 Å². The summed E-state index contributed by atoms with van der Waals surface area (Å²) in [5.41, 5.74) is -0.0633. The van der Waals surface area contributed by atoms with E-state index in [1.54, 1.807) is 0 Å². The third-order valence-electron chi connectivity index (χ3n) is 2.20. The molecular weight excluding hydrogens is 147 g/mol. The molecule has 0 fully saturated rings. The van der Waals surface area contributed by atoms with Crippen molar-refractivity contribution in [1.82, 2.24) is 0 Å². The molecule has 1 nitrogen and oxygen atoms in total. The lowest BCUT2D eigenvalue weighted by molar-refractivity contribution is 0.127. The van der Waals surface area contributed by atoms with Crippen LogP contribution in [0.4, 0.5) is 0 Å². The smallest absolute Gasteiger partial charge is 0.299 e. The molecule has 2 heteroatoms. The third-order valence-corrected chi connectivity index (χ3v) is 2.20. The predicted octanol–water partition coefficient (Wildman–Crippen LogP) is 3.28. The lowest BCUT2D eigenvalue weighted by Gasteiger charge is -2.31. The van der Waals surface area contributed by atoms with E-state index in [0.29, 0.717) is 5.92 Å². The van der Waals surface area contributed by atoms with Crippen LogP contribution in [0.2, 0.25) is 5.31 Å². The summed E-state index contributed by atoms with van der Waals surface area (Å²) in [5.74, 6) is 0.611. The van der Waals surface area contributed by atoms with E-state index in [1.165, 1.54) is 0 Å². The molecule has 1 radical (unpaired) electrons. The first-order chi connectivity index (χ1) is 5.15. The molecule has 0 bridgehead atoms. The van der Waals surface area contributed by atoms with E-state index in [0.717, 1.165) is 0 Å². The van der Waals surface area contributed by atoms with Gasteiger partial charge in [-0.2, -0.15) is 0 Å². The molecule has 0 amide bonds. The average Bonchev–Trinajstić information content (AvgIpc) is 1.82. The Morgan fingerprint density at radius 2 is 1.42 bits per heavy atom. The lowest BCUT2D eigenvalue weighted by Crippen LogP contribution is -2.30. The fraction of sp³-hybridized carbons (Fsp3) is 1.00. The summed E-state index contributed by atoms with van der Waals surface area (Å²) in [6, 6.07) is 0. The Morgan fingerprint density at radius 3 is 1.67 bits per heavy atom. The first-order valence-electron chi connectivity index (χ1n) is 4.67. The van der Waals surface area contributed by atoms with Crippen molar-refractivity contribution >= 4 is 7.48 Å². The summed E-state index contributed by atoms with van der Waals surface area (Å²) in [4.78, 5) is 0. The van der Waals surface area contributed by atoms with Gasteiger partial charge in [-0.05, 0) is 32.0 Å². The summed E-state index contributed by atoms with van der Waals surface area (Å²) >= 11 is 0. The standard InChI is InChI=1S/C10H22BO/c1-8(2)10(6,7)11-12-9(3,4)5/h8H,1-7H3. The molecule has 0 aromatic rings. The second-order valence-corrected chi connectivity index (χ2v) is 5.32. The Balaban J connectivity index is 3.93. The third kappa shape index (κ3) is 4.81. The van der Waals surface area contributed by atoms with Crippen LogP contribution >= 0.6 is 0 Å². The highest BCUT2D eigenvalue weighted by atomic mass is 16.5. The molecule has 0 saturated heterocycles. The van der Waals surface area contributed by atoms with Crippen LogP contribution in [-0.4, -0.2) is 13.1 Å². The van der Waals surface area contributed by atoms with Crippen molar-refractivity contribution in [1.29, 1.82) is 0 Å². The minimum Gasteiger partial charge on any atom is -0.436 e. The first kappa shape index (κ1) is 12.0. The molecule has 0 aliphatic carbocycles. The maximum Gasteiger partial charge on any atom is 0.299 e. The van der Waals surface area contributed by atoms with E-state index in [9.17, 15) is 0 Å². The summed E-state index contributed by atoms with van der Waals surface area (Å²) in [7, 11) is 1.97. The molecule has 0 rings (SSSR count). The first-order valence-corrected chi connectivity index (χ1v) is 4.67. The van der Waals surface area contributed by atoms with E-state index >= 15 is 0 Å². The maximum absolute atomic E-state index is 5.63. The van der Waals surface area contributed by atoms with E-state index in [2.05, 4.69) is 48.5 Å². The Kier molecular flexibility index (Phi) is 3.83. The van der Waals surface area contributed by atoms with Gasteiger partial charge >= 0.3 is 0 Å². The molecule has 0 spiro atoms. The molecule has 0 aromatic carbocycles. The molecule has 0 saturated carbocycles. The zero-order valence-corrected chi connectivity index (χ0v) is 9.56. The van der Waals surface area contributed by atoms with Crippen LogP contribution in [0.15, 0.2) is 0 Å². The average molecular weight is 169 g/mol. The van der Waals surface area contributed by atoms with Crippen molar-refractivity contribution in [3.63, 3.8) is 0 Å². The van der Waals surface area contributed by atoms with Gasteiger partial charge in [-0.25, -0.2) is 0 Å². The maximum atomic E-state index is 5.63. The minimum absolute atomic E-state index is 0.0633. The van der Waals surface area contributed by atoms with Crippen LogP contribution in [0.25, 0.3) is 0 Å². The summed E-state index contributed by atoms with van der Waals surface area (Å²) in [6.45, 7) is 15.0. The summed E-state index contributed by atoms with van der Waals surface area (Å²) in [5, 5.41) is 0.160. The van der Waals surface area contributed by atoms with E-state index in [1.807, 2.05) is 7.48 Å². The molecule has 12 heavy (non-hydrogen) atoms. The van der Waals surface area contributed by atoms with Gasteiger partial charge < -0.3 is 4.65 Å². The Bertz CT molecular complexity index is 133. The van der Waals surface area contributed by atoms with Gasteiger partial charge in [0.05, 0.1) is 0 Å². The topological polar surface area (TPSA) is 9.23 Å². The molecule has 0 heterocycles. The van der Waals surface area contributed by atoms with Crippen LogP contribution in [0, 0.1) is 5.92 Å². The zero-order valence-electron chi connectivity index (χ0n) is 9.56. The van der Waals surface area contributed by atoms with Crippen molar-refractivity contribution in [3.05, 3.63) is 0 Å². The summed E-state index contributed by atoms with van der Waals surface area (Å²) < 4.78 is 5.63. The highest BCUT2D eigenvalue weighted by Gasteiger charge is 2.27. The van der Waals surface area contributed by atoms with Crippen molar-refractivity contribution in [2.24, 2.45) is 5.92 Å². The quantitative estimate of drug-likeness (QED) is 0.589. The molecule has 0 unspecified atom stereocenters. The van der Waals surface area contributed by atoms with Gasteiger partial charge in [0, 0.05) is 5.60 Å². The monoisotopic (exact) mass is 169 g/mol. The largest absolute Gasteiger partial charge is 0.436 e. The zero-order chi connectivity index (χ0) is 9.99. The van der Waals surface area contributed by atoms with Crippen LogP contribution < -0.4 is 0 Å². The second kappa shape index (κ2) is 3.82. The molecule has 0 atom stereocenters. The van der Waals surface area contributed by atoms with Crippen LogP contribution in [0.1, 0.15) is 48.5 Å². The summed E-state index contributed by atoms with van der Waals surface area (Å²) in [6.07, 6.45) is 0. The highest BCUT2D eigenvalue weighted by molar-refractivity contribution is 6.32. The van der Waals surface area contributed by atoms with Crippen molar-refractivity contribution in [2.75, 3.05) is 0 Å². The number of rotatable bonds is 3. The van der Waals surface area contributed by atoms with Crippen LogP contribution in [-0.2, 0) is 4.65 Å². The molecule has 0 aliphatic rings. The molecule has 0 N–H and O–H groups in total. The molecule has 0 aromatic heterocycles. The molecular formula is C10H22BO. The van der Waals surface area contributed by atoms with Gasteiger partial charge in [-0.3, -0.25) is 0 Å². The van der Waals surface area contributed by atoms with Gasteiger partial charge in [-0.1, -0.05) is 27.7 Å². The van der Waals surface area contributed by atoms with Gasteiger partial charge in [-0.15, -0.1) is 0 Å². The Hall–Kier alpha value is 0.0249. The van der Waals surface area contributed by atoms with Gasteiger partial charge in [0.15, 0.2) is 0 Å². The van der Waals surface area contributed by atoms with E-state index < -0.39 is 0 Å². The normalized spacial score (nSPS) is 13.7. The Morgan fingerprint density at radius 1 is 1.00 bits per heavy atom. The van der Waals surface area contributed by atoms with Crippen LogP contribution in [0.5, 0.6) is 0 Å². The van der Waals surface area contributed by atoms with Gasteiger partial charge in [0.1, 0.15) is 0 Å². The SMILES string of the molecule is CC(C)C(C)(C)[B]OC(C)(C)C. The second-order valence-electron chi connectivity index (χ2n) is 5.32. The minimum atomic E-state index is -0.0633. The fourth-order valence-electron chi connectivity index (χ4n) is 0.465. The highest BCUT2D eigenvalue weighted by Crippen LogP contribution is 2.33. The molecule has 0 aliphatic heterocycles. The van der Waals surface area contributed by atoms with E-state index in [4.69, 9.17) is 4.65 Å². The molecule has 71 valence electrons. The van der Waals surface area contributed by atoms with Crippen molar-refractivity contribution in [2.45, 2.75) is 59.4 Å². The lowest BCUT2D eigenvalue weighted by atomic mass is 9.59. The van der Waals surface area contributed by atoms with Crippen LogP contribution in [0.3, 0.4) is 0 Å². The number of hydrogen-bond acceptors (Lipinski definition) is 1. The fourth-order valence-corrected chi connectivity index (χ4v) is 0.465. The Labute approximate surface area is 78.2 Å². The van der Waals surface area contributed by atoms with Crippen molar-refractivity contribution in [3.8, 4) is 0 Å².